The van der Waals surface area contributed by atoms with E-state index in [9.17, 15) is 18.7 Å². The lowest BCUT2D eigenvalue weighted by Crippen LogP contribution is -2.18. The van der Waals surface area contributed by atoms with Gasteiger partial charge in [0.05, 0.1) is 11.7 Å². The maximum Gasteiger partial charge on any atom is 0.338 e. The molecule has 1 atom stereocenters. The Morgan fingerprint density at radius 2 is 2.06 bits per heavy atom. The van der Waals surface area contributed by atoms with E-state index in [0.717, 1.165) is 0 Å². The molecule has 88 valence electrons. The molecular weight excluding hydrogens is 220 g/mol. The van der Waals surface area contributed by atoms with Crippen molar-refractivity contribution < 1.29 is 23.8 Å². The highest BCUT2D eigenvalue weighted by molar-refractivity contribution is 5.88. The Labute approximate surface area is 90.5 Å². The van der Waals surface area contributed by atoms with Crippen molar-refractivity contribution in [2.24, 2.45) is 0 Å². The third kappa shape index (κ3) is 2.53. The molecular formula is C10H11F2NO3. The Bertz CT molecular complexity index is 409. The number of likely N-dealkylation sites (N-methyl/N-ethyl adjacent to an activating group) is 1. The molecule has 0 amide bonds. The third-order valence-electron chi connectivity index (χ3n) is 2.07. The summed E-state index contributed by atoms with van der Waals surface area (Å²) < 4.78 is 26.5. The molecule has 1 aromatic carbocycles. The molecule has 0 aliphatic heterocycles. The van der Waals surface area contributed by atoms with Gasteiger partial charge in [-0.3, -0.25) is 0 Å². The van der Waals surface area contributed by atoms with E-state index < -0.39 is 29.3 Å². The Balaban J connectivity index is 3.15. The maximum absolute atomic E-state index is 13.3. The minimum absolute atomic E-state index is 0.0444. The fourth-order valence-electron chi connectivity index (χ4n) is 1.28. The molecule has 0 heterocycles. The van der Waals surface area contributed by atoms with Crippen LogP contribution in [0, 0.1) is 11.6 Å². The van der Waals surface area contributed by atoms with Gasteiger partial charge in [0.1, 0.15) is 11.6 Å². The van der Waals surface area contributed by atoms with Crippen molar-refractivity contribution in [3.8, 4) is 0 Å². The Hall–Kier alpha value is -1.53. The van der Waals surface area contributed by atoms with E-state index >= 15 is 0 Å². The first-order valence-electron chi connectivity index (χ1n) is 4.52. The van der Waals surface area contributed by atoms with Gasteiger partial charge < -0.3 is 15.5 Å². The molecule has 4 nitrogen and oxygen atoms in total. The van der Waals surface area contributed by atoms with Crippen molar-refractivity contribution in [1.29, 1.82) is 0 Å². The number of hydrogen-bond donors (Lipinski definition) is 3. The van der Waals surface area contributed by atoms with Gasteiger partial charge in [0.25, 0.3) is 0 Å². The molecule has 0 saturated carbocycles. The fraction of sp³-hybridized carbons (Fsp3) is 0.300. The molecule has 0 bridgehead atoms. The molecule has 0 spiro atoms. The van der Waals surface area contributed by atoms with E-state index in [-0.39, 0.29) is 12.1 Å². The van der Waals surface area contributed by atoms with Crippen LogP contribution >= 0.6 is 0 Å². The number of benzene rings is 1. The molecule has 0 aliphatic carbocycles. The number of hydrogen-bond acceptors (Lipinski definition) is 3. The third-order valence-corrected chi connectivity index (χ3v) is 2.07. The van der Waals surface area contributed by atoms with Crippen molar-refractivity contribution >= 4 is 5.97 Å². The van der Waals surface area contributed by atoms with Gasteiger partial charge in [-0.2, -0.15) is 0 Å². The van der Waals surface area contributed by atoms with Crippen molar-refractivity contribution in [2.75, 3.05) is 13.6 Å². The van der Waals surface area contributed by atoms with Crippen LogP contribution in [0.3, 0.4) is 0 Å². The Morgan fingerprint density at radius 1 is 1.44 bits per heavy atom. The van der Waals surface area contributed by atoms with E-state index in [0.29, 0.717) is 12.1 Å². The molecule has 0 fully saturated rings. The standard InChI is InChI=1S/C10H11F2NO3/c1-13-4-9(14)5-2-8(12)6(10(15)16)3-7(5)11/h2-3,9,13-14H,4H2,1H3,(H,15,16). The zero-order valence-electron chi connectivity index (χ0n) is 8.50. The van der Waals surface area contributed by atoms with E-state index in [1.54, 1.807) is 7.05 Å². The highest BCUT2D eigenvalue weighted by Gasteiger charge is 2.19. The topological polar surface area (TPSA) is 69.6 Å². The van der Waals surface area contributed by atoms with Crippen LogP contribution in [-0.4, -0.2) is 29.8 Å². The molecule has 0 saturated heterocycles. The average Bonchev–Trinajstić information content (AvgIpc) is 2.20. The van der Waals surface area contributed by atoms with Gasteiger partial charge in [-0.15, -0.1) is 0 Å². The highest BCUT2D eigenvalue weighted by atomic mass is 19.1. The van der Waals surface area contributed by atoms with Crippen LogP contribution < -0.4 is 5.32 Å². The van der Waals surface area contributed by atoms with Gasteiger partial charge in [-0.1, -0.05) is 0 Å². The predicted octanol–water partition coefficient (Wildman–Crippen LogP) is 0.916. The van der Waals surface area contributed by atoms with Gasteiger partial charge in [-0.05, 0) is 19.2 Å². The summed E-state index contributed by atoms with van der Waals surface area (Å²) in [5.41, 5.74) is -1.02. The molecule has 1 unspecified atom stereocenters. The number of aromatic carboxylic acids is 1. The predicted molar refractivity (Wildman–Crippen MR) is 52.2 cm³/mol. The monoisotopic (exact) mass is 231 g/mol. The number of nitrogens with one attached hydrogen (secondary N) is 1. The first-order chi connectivity index (χ1) is 7.47. The molecule has 6 heteroatoms. The summed E-state index contributed by atoms with van der Waals surface area (Å²) in [6.07, 6.45) is -1.22. The van der Waals surface area contributed by atoms with Gasteiger partial charge in [0, 0.05) is 12.1 Å². The Morgan fingerprint density at radius 3 is 2.56 bits per heavy atom. The summed E-state index contributed by atoms with van der Waals surface area (Å²) in [5, 5.41) is 20.6. The lowest BCUT2D eigenvalue weighted by molar-refractivity contribution is 0.0690. The van der Waals surface area contributed by atoms with Crippen molar-refractivity contribution in [1.82, 2.24) is 5.32 Å². The van der Waals surface area contributed by atoms with Crippen LogP contribution in [-0.2, 0) is 0 Å². The van der Waals surface area contributed by atoms with E-state index in [1.807, 2.05) is 0 Å². The zero-order valence-corrected chi connectivity index (χ0v) is 8.50. The van der Waals surface area contributed by atoms with Crippen LogP contribution in [0.5, 0.6) is 0 Å². The fourth-order valence-corrected chi connectivity index (χ4v) is 1.28. The van der Waals surface area contributed by atoms with Gasteiger partial charge in [0.15, 0.2) is 0 Å². The molecule has 1 aromatic rings. The average molecular weight is 231 g/mol. The number of carboxylic acid groups (broad SMARTS) is 1. The normalized spacial score (nSPS) is 12.5. The van der Waals surface area contributed by atoms with Crippen molar-refractivity contribution in [3.05, 3.63) is 34.9 Å². The number of aliphatic hydroxyl groups excluding tert-OH is 1. The first kappa shape index (κ1) is 12.5. The van der Waals surface area contributed by atoms with Crippen LogP contribution in [0.15, 0.2) is 12.1 Å². The van der Waals surface area contributed by atoms with Gasteiger partial charge in [-0.25, -0.2) is 13.6 Å². The lowest BCUT2D eigenvalue weighted by Gasteiger charge is -2.12. The molecule has 16 heavy (non-hydrogen) atoms. The summed E-state index contributed by atoms with van der Waals surface area (Å²) in [4.78, 5) is 10.5. The molecule has 0 radical (unpaired) electrons. The number of carbonyl (C=O) groups is 1. The van der Waals surface area contributed by atoms with Crippen LogP contribution in [0.2, 0.25) is 0 Å². The van der Waals surface area contributed by atoms with E-state index in [1.165, 1.54) is 0 Å². The summed E-state index contributed by atoms with van der Waals surface area (Å²) in [6, 6.07) is 1.26. The number of aliphatic hydroxyl groups is 1. The van der Waals surface area contributed by atoms with Gasteiger partial charge in [0.2, 0.25) is 0 Å². The molecule has 3 N–H and O–H groups in total. The largest absolute Gasteiger partial charge is 0.478 e. The molecule has 0 aliphatic rings. The van der Waals surface area contributed by atoms with Crippen LogP contribution in [0.1, 0.15) is 22.0 Å². The minimum Gasteiger partial charge on any atom is -0.478 e. The maximum atomic E-state index is 13.3. The summed E-state index contributed by atoms with van der Waals surface area (Å²) in [7, 11) is 1.54. The highest BCUT2D eigenvalue weighted by Crippen LogP contribution is 2.20. The van der Waals surface area contributed by atoms with Crippen molar-refractivity contribution in [2.45, 2.75) is 6.10 Å². The van der Waals surface area contributed by atoms with E-state index in [4.69, 9.17) is 5.11 Å². The minimum atomic E-state index is -1.55. The second kappa shape index (κ2) is 5.00. The zero-order chi connectivity index (χ0) is 12.3. The second-order valence-electron chi connectivity index (χ2n) is 3.23. The number of carboxylic acids is 1. The van der Waals surface area contributed by atoms with Gasteiger partial charge >= 0.3 is 5.97 Å². The lowest BCUT2D eigenvalue weighted by atomic mass is 10.1. The Kier molecular flexibility index (Phi) is 3.92. The second-order valence-corrected chi connectivity index (χ2v) is 3.23. The molecule has 1 rings (SSSR count). The first-order valence-corrected chi connectivity index (χ1v) is 4.52. The van der Waals surface area contributed by atoms with E-state index in [2.05, 4.69) is 5.32 Å². The van der Waals surface area contributed by atoms with Crippen LogP contribution in [0.25, 0.3) is 0 Å². The SMILES string of the molecule is CNCC(O)c1cc(F)c(C(=O)O)cc1F. The van der Waals surface area contributed by atoms with Crippen molar-refractivity contribution in [3.63, 3.8) is 0 Å². The smallest absolute Gasteiger partial charge is 0.338 e. The quantitative estimate of drug-likeness (QED) is 0.720. The summed E-state index contributed by atoms with van der Waals surface area (Å²) in [6.45, 7) is 0.0444. The van der Waals surface area contributed by atoms with Crippen LogP contribution in [0.4, 0.5) is 8.78 Å². The summed E-state index contributed by atoms with van der Waals surface area (Å²) >= 11 is 0. The summed E-state index contributed by atoms with van der Waals surface area (Å²) in [5.74, 6) is -3.56. The number of halogens is 2. The molecule has 0 aromatic heterocycles. The number of rotatable bonds is 4.